The zero-order valence-electron chi connectivity index (χ0n) is 13.7. The van der Waals surface area contributed by atoms with Crippen LogP contribution >= 0.6 is 11.8 Å². The second-order valence-corrected chi connectivity index (χ2v) is 7.06. The predicted octanol–water partition coefficient (Wildman–Crippen LogP) is 1.55. The van der Waals surface area contributed by atoms with Gasteiger partial charge in [-0.2, -0.15) is 11.8 Å². The highest BCUT2D eigenvalue weighted by Crippen LogP contribution is 2.19. The Bertz CT molecular complexity index is 316. The van der Waals surface area contributed by atoms with E-state index in [1.54, 1.807) is 30.8 Å². The molecule has 0 aliphatic rings. The highest BCUT2D eigenvalue weighted by Gasteiger charge is 2.16. The molecule has 0 aliphatic heterocycles. The summed E-state index contributed by atoms with van der Waals surface area (Å²) in [5.41, 5.74) is 0. The van der Waals surface area contributed by atoms with E-state index in [9.17, 15) is 4.79 Å². The number of likely N-dealkylation sites (N-methyl/N-ethyl adjacent to an activating group) is 1. The van der Waals surface area contributed by atoms with E-state index < -0.39 is 0 Å². The molecule has 0 spiro atoms. The van der Waals surface area contributed by atoms with E-state index in [4.69, 9.17) is 0 Å². The molecule has 0 unspecified atom stereocenters. The summed E-state index contributed by atoms with van der Waals surface area (Å²) in [5.74, 6) is 0.724. The van der Waals surface area contributed by atoms with Gasteiger partial charge in [0, 0.05) is 31.9 Å². The molecule has 1 amide bonds. The van der Waals surface area contributed by atoms with Gasteiger partial charge in [0.05, 0.1) is 0 Å². The number of nitrogens with one attached hydrogen (secondary N) is 2. The highest BCUT2D eigenvalue weighted by atomic mass is 32.2. The number of guanidine groups is 1. The van der Waals surface area contributed by atoms with Gasteiger partial charge < -0.3 is 15.5 Å². The van der Waals surface area contributed by atoms with Crippen LogP contribution < -0.4 is 10.6 Å². The van der Waals surface area contributed by atoms with Crippen molar-refractivity contribution < 1.29 is 4.79 Å². The minimum Gasteiger partial charge on any atom is -0.356 e. The second kappa shape index (κ2) is 9.91. The Kier molecular flexibility index (Phi) is 9.46. The molecule has 0 aromatic rings. The van der Waals surface area contributed by atoms with Crippen LogP contribution in [0.15, 0.2) is 4.99 Å². The lowest BCUT2D eigenvalue weighted by atomic mass is 10.2. The Hall–Kier alpha value is -0.910. The predicted molar refractivity (Wildman–Crippen MR) is 89.5 cm³/mol. The molecule has 0 saturated heterocycles. The van der Waals surface area contributed by atoms with Crippen molar-refractivity contribution in [2.45, 2.75) is 38.4 Å². The van der Waals surface area contributed by atoms with Gasteiger partial charge in [-0.15, -0.1) is 0 Å². The molecule has 0 rings (SSSR count). The van der Waals surface area contributed by atoms with Gasteiger partial charge in [0.1, 0.15) is 6.54 Å². The van der Waals surface area contributed by atoms with E-state index >= 15 is 0 Å². The van der Waals surface area contributed by atoms with Crippen molar-refractivity contribution >= 4 is 23.6 Å². The molecule has 5 nitrogen and oxygen atoms in total. The van der Waals surface area contributed by atoms with Crippen LogP contribution in [0.2, 0.25) is 0 Å². The van der Waals surface area contributed by atoms with Gasteiger partial charge in [0.25, 0.3) is 0 Å². The van der Waals surface area contributed by atoms with Crippen LogP contribution in [0.1, 0.15) is 33.6 Å². The Morgan fingerprint density at radius 1 is 1.30 bits per heavy atom. The van der Waals surface area contributed by atoms with E-state index in [2.05, 4.69) is 42.7 Å². The number of nitrogens with zero attached hydrogens (tertiary/aromatic N) is 2. The molecule has 0 fully saturated rings. The summed E-state index contributed by atoms with van der Waals surface area (Å²) in [6, 6.07) is 0. The monoisotopic (exact) mass is 302 g/mol. The lowest BCUT2D eigenvalue weighted by Crippen LogP contribution is -2.44. The standard InChI is InChI=1S/C14H30N4OS/c1-7-8-9-15-13(16-10-12(19)18(4)5)17-11-14(2,3)20-6/h7-11H2,1-6H3,(H2,15,16,17). The summed E-state index contributed by atoms with van der Waals surface area (Å²) in [5, 5.41) is 6.58. The summed E-state index contributed by atoms with van der Waals surface area (Å²) in [7, 11) is 3.48. The van der Waals surface area contributed by atoms with Crippen molar-refractivity contribution in [1.29, 1.82) is 0 Å². The fraction of sp³-hybridized carbons (Fsp3) is 0.857. The summed E-state index contributed by atoms with van der Waals surface area (Å²) in [4.78, 5) is 17.5. The van der Waals surface area contributed by atoms with Gasteiger partial charge in [0.2, 0.25) is 5.91 Å². The normalized spacial score (nSPS) is 12.2. The van der Waals surface area contributed by atoms with Crippen molar-refractivity contribution in [3.63, 3.8) is 0 Å². The van der Waals surface area contributed by atoms with E-state index in [1.165, 1.54) is 0 Å². The third-order valence-corrected chi connectivity index (χ3v) is 4.18. The van der Waals surface area contributed by atoms with Gasteiger partial charge in [-0.3, -0.25) is 4.79 Å². The van der Waals surface area contributed by atoms with Gasteiger partial charge in [0.15, 0.2) is 5.96 Å². The van der Waals surface area contributed by atoms with Crippen molar-refractivity contribution in [2.24, 2.45) is 4.99 Å². The molecule has 6 heteroatoms. The molecule has 0 saturated carbocycles. The molecule has 2 N–H and O–H groups in total. The maximum absolute atomic E-state index is 11.6. The van der Waals surface area contributed by atoms with Crippen LogP contribution in [0.5, 0.6) is 0 Å². The third kappa shape index (κ3) is 9.07. The first-order chi connectivity index (χ1) is 9.32. The largest absolute Gasteiger partial charge is 0.356 e. The first-order valence-electron chi connectivity index (χ1n) is 7.10. The van der Waals surface area contributed by atoms with E-state index in [0.29, 0.717) is 0 Å². The lowest BCUT2D eigenvalue weighted by molar-refractivity contribution is -0.127. The molecule has 0 atom stereocenters. The maximum Gasteiger partial charge on any atom is 0.243 e. The molecule has 0 heterocycles. The highest BCUT2D eigenvalue weighted by molar-refractivity contribution is 7.99. The topological polar surface area (TPSA) is 56.7 Å². The molecule has 0 aliphatic carbocycles. The van der Waals surface area contributed by atoms with Crippen molar-refractivity contribution in [3.8, 4) is 0 Å². The molecule has 20 heavy (non-hydrogen) atoms. The van der Waals surface area contributed by atoms with Gasteiger partial charge in [-0.1, -0.05) is 13.3 Å². The Labute approximate surface area is 128 Å². The minimum atomic E-state index is 0.00529. The molecular formula is C14H30N4OS. The average molecular weight is 302 g/mol. The van der Waals surface area contributed by atoms with Crippen molar-refractivity contribution in [1.82, 2.24) is 15.5 Å². The number of unbranched alkanes of at least 4 members (excludes halogenated alkanes) is 1. The SMILES string of the molecule is CCCCNC(=NCC(=O)N(C)C)NCC(C)(C)SC. The van der Waals surface area contributed by atoms with E-state index in [-0.39, 0.29) is 17.2 Å². The molecular weight excluding hydrogens is 272 g/mol. The van der Waals surface area contributed by atoms with Crippen molar-refractivity contribution in [3.05, 3.63) is 0 Å². The molecule has 118 valence electrons. The van der Waals surface area contributed by atoms with Crippen molar-refractivity contribution in [2.75, 3.05) is 40.0 Å². The number of thioether (sulfide) groups is 1. The summed E-state index contributed by atoms with van der Waals surface area (Å²) >= 11 is 1.81. The maximum atomic E-state index is 11.6. The summed E-state index contributed by atoms with van der Waals surface area (Å²) < 4.78 is 0.138. The average Bonchev–Trinajstić information content (AvgIpc) is 2.40. The third-order valence-electron chi connectivity index (χ3n) is 2.93. The number of carbonyl (C=O) groups is 1. The number of carbonyl (C=O) groups excluding carboxylic acids is 1. The zero-order chi connectivity index (χ0) is 15.6. The van der Waals surface area contributed by atoms with Crippen LogP contribution in [0.25, 0.3) is 0 Å². The molecule has 0 radical (unpaired) electrons. The van der Waals surface area contributed by atoms with Gasteiger partial charge in [-0.05, 0) is 26.5 Å². The van der Waals surface area contributed by atoms with Crippen LogP contribution in [0.4, 0.5) is 0 Å². The molecule has 0 aromatic heterocycles. The van der Waals surface area contributed by atoms with E-state index in [0.717, 1.165) is 31.9 Å². The Balaban J connectivity index is 4.47. The first kappa shape index (κ1) is 19.1. The first-order valence-corrected chi connectivity index (χ1v) is 8.32. The fourth-order valence-electron chi connectivity index (χ4n) is 1.21. The number of hydrogen-bond acceptors (Lipinski definition) is 3. The smallest absolute Gasteiger partial charge is 0.243 e. The lowest BCUT2D eigenvalue weighted by Gasteiger charge is -2.24. The Morgan fingerprint density at radius 2 is 1.95 bits per heavy atom. The second-order valence-electron chi connectivity index (χ2n) is 5.55. The number of rotatable bonds is 8. The summed E-state index contributed by atoms with van der Waals surface area (Å²) in [6.45, 7) is 8.37. The van der Waals surface area contributed by atoms with Crippen LogP contribution in [-0.2, 0) is 4.79 Å². The number of aliphatic imine (C=N–C) groups is 1. The number of hydrogen-bond donors (Lipinski definition) is 2. The zero-order valence-corrected chi connectivity index (χ0v) is 14.6. The molecule has 0 aromatic carbocycles. The van der Waals surface area contributed by atoms with Crippen LogP contribution in [-0.4, -0.2) is 61.5 Å². The van der Waals surface area contributed by atoms with Crippen LogP contribution in [0.3, 0.4) is 0 Å². The quantitative estimate of drug-likeness (QED) is 0.406. The number of amides is 1. The molecule has 0 bridgehead atoms. The van der Waals surface area contributed by atoms with E-state index in [1.807, 2.05) is 0 Å². The summed E-state index contributed by atoms with van der Waals surface area (Å²) in [6.07, 6.45) is 4.32. The fourth-order valence-corrected chi connectivity index (χ4v) is 1.43. The Morgan fingerprint density at radius 3 is 2.45 bits per heavy atom. The minimum absolute atomic E-state index is 0.00529. The van der Waals surface area contributed by atoms with Gasteiger partial charge in [-0.25, -0.2) is 4.99 Å². The van der Waals surface area contributed by atoms with Gasteiger partial charge >= 0.3 is 0 Å². The van der Waals surface area contributed by atoms with Crippen LogP contribution in [0, 0.1) is 0 Å².